The first-order chi connectivity index (χ1) is 12.3. The predicted molar refractivity (Wildman–Crippen MR) is 95.3 cm³/mol. The van der Waals surface area contributed by atoms with Crippen LogP contribution in [0.25, 0.3) is 0 Å². The summed E-state index contributed by atoms with van der Waals surface area (Å²) in [6.45, 7) is 1.64. The molecule has 1 atom stereocenters. The van der Waals surface area contributed by atoms with E-state index in [0.29, 0.717) is 31.5 Å². The Hall–Kier alpha value is -2.96. The van der Waals surface area contributed by atoms with Gasteiger partial charge in [0, 0.05) is 25.4 Å². The SMILES string of the molecule is CN=C(NCc1cccnc1OC)NCC1COc2ccccc2O1. The summed E-state index contributed by atoms with van der Waals surface area (Å²) in [4.78, 5) is 8.41. The van der Waals surface area contributed by atoms with E-state index >= 15 is 0 Å². The highest BCUT2D eigenvalue weighted by Crippen LogP contribution is 2.30. The van der Waals surface area contributed by atoms with Crippen LogP contribution in [0.1, 0.15) is 5.56 Å². The second kappa shape index (κ2) is 8.23. The molecule has 0 fully saturated rings. The number of aromatic nitrogens is 1. The van der Waals surface area contributed by atoms with Crippen LogP contribution < -0.4 is 24.8 Å². The van der Waals surface area contributed by atoms with Crippen LogP contribution in [0, 0.1) is 0 Å². The lowest BCUT2D eigenvalue weighted by Crippen LogP contribution is -2.45. The number of guanidine groups is 1. The lowest BCUT2D eigenvalue weighted by molar-refractivity contribution is 0.0936. The van der Waals surface area contributed by atoms with E-state index in [1.54, 1.807) is 20.4 Å². The number of methoxy groups -OCH3 is 1. The first-order valence-corrected chi connectivity index (χ1v) is 8.11. The number of para-hydroxylation sites is 2. The molecule has 7 nitrogen and oxygen atoms in total. The van der Waals surface area contributed by atoms with Crippen molar-refractivity contribution in [2.45, 2.75) is 12.6 Å². The molecule has 132 valence electrons. The molecule has 0 spiro atoms. The van der Waals surface area contributed by atoms with Gasteiger partial charge in [0.2, 0.25) is 5.88 Å². The van der Waals surface area contributed by atoms with Gasteiger partial charge in [-0.2, -0.15) is 0 Å². The minimum Gasteiger partial charge on any atom is -0.486 e. The standard InChI is InChI=1S/C18H22N4O3/c1-19-18(21-10-13-6-5-9-20-17(13)23-2)22-11-14-12-24-15-7-3-4-8-16(15)25-14/h3-9,14H,10-12H2,1-2H3,(H2,19,21,22). The minimum atomic E-state index is -0.0821. The quantitative estimate of drug-likeness (QED) is 0.635. The number of nitrogens with one attached hydrogen (secondary N) is 2. The molecule has 0 amide bonds. The molecule has 1 aromatic carbocycles. The largest absolute Gasteiger partial charge is 0.486 e. The Kier molecular flexibility index (Phi) is 5.56. The van der Waals surface area contributed by atoms with Crippen LogP contribution in [-0.2, 0) is 6.54 Å². The van der Waals surface area contributed by atoms with Gasteiger partial charge in [-0.25, -0.2) is 4.98 Å². The van der Waals surface area contributed by atoms with E-state index in [2.05, 4.69) is 20.6 Å². The molecule has 0 aliphatic carbocycles. The molecule has 2 heterocycles. The first-order valence-electron chi connectivity index (χ1n) is 8.11. The number of hydrogen-bond donors (Lipinski definition) is 2. The molecule has 7 heteroatoms. The maximum absolute atomic E-state index is 5.93. The van der Waals surface area contributed by atoms with Crippen molar-refractivity contribution < 1.29 is 14.2 Å². The normalized spacial score (nSPS) is 16.2. The lowest BCUT2D eigenvalue weighted by atomic mass is 10.2. The number of aliphatic imine (C=N–C) groups is 1. The number of fused-ring (bicyclic) bond motifs is 1. The van der Waals surface area contributed by atoms with Crippen molar-refractivity contribution in [3.05, 3.63) is 48.2 Å². The fourth-order valence-corrected chi connectivity index (χ4v) is 2.52. The third-order valence-corrected chi connectivity index (χ3v) is 3.78. The van der Waals surface area contributed by atoms with Gasteiger partial charge in [-0.3, -0.25) is 4.99 Å². The van der Waals surface area contributed by atoms with E-state index in [0.717, 1.165) is 17.1 Å². The smallest absolute Gasteiger partial charge is 0.218 e. The molecule has 1 aliphatic heterocycles. The van der Waals surface area contributed by atoms with Crippen LogP contribution in [-0.4, -0.2) is 44.4 Å². The number of benzene rings is 1. The number of pyridine rings is 1. The van der Waals surface area contributed by atoms with Crippen LogP contribution in [0.2, 0.25) is 0 Å². The topological polar surface area (TPSA) is 77.0 Å². The van der Waals surface area contributed by atoms with Crippen molar-refractivity contribution in [1.82, 2.24) is 15.6 Å². The maximum Gasteiger partial charge on any atom is 0.218 e. The van der Waals surface area contributed by atoms with Gasteiger partial charge in [-0.15, -0.1) is 0 Å². The molecule has 2 aromatic rings. The van der Waals surface area contributed by atoms with E-state index < -0.39 is 0 Å². The maximum atomic E-state index is 5.93. The van der Waals surface area contributed by atoms with Crippen LogP contribution in [0.3, 0.4) is 0 Å². The summed E-state index contributed by atoms with van der Waals surface area (Å²) >= 11 is 0. The van der Waals surface area contributed by atoms with Gasteiger partial charge >= 0.3 is 0 Å². The summed E-state index contributed by atoms with van der Waals surface area (Å²) < 4.78 is 16.9. The van der Waals surface area contributed by atoms with Crippen LogP contribution >= 0.6 is 0 Å². The summed E-state index contributed by atoms with van der Waals surface area (Å²) in [5.41, 5.74) is 0.958. The molecular weight excluding hydrogens is 320 g/mol. The molecule has 0 saturated carbocycles. The molecule has 0 bridgehead atoms. The van der Waals surface area contributed by atoms with Gasteiger partial charge in [0.25, 0.3) is 0 Å². The highest BCUT2D eigenvalue weighted by Gasteiger charge is 2.20. The molecule has 1 aliphatic rings. The molecule has 0 saturated heterocycles. The fraction of sp³-hybridized carbons (Fsp3) is 0.333. The van der Waals surface area contributed by atoms with Gasteiger partial charge in [0.1, 0.15) is 12.7 Å². The molecule has 2 N–H and O–H groups in total. The third kappa shape index (κ3) is 4.32. The average Bonchev–Trinajstić information content (AvgIpc) is 2.68. The zero-order valence-electron chi connectivity index (χ0n) is 14.4. The van der Waals surface area contributed by atoms with Gasteiger partial charge in [0.05, 0.1) is 13.7 Å². The highest BCUT2D eigenvalue weighted by atomic mass is 16.6. The van der Waals surface area contributed by atoms with E-state index in [4.69, 9.17) is 14.2 Å². The van der Waals surface area contributed by atoms with Crippen LogP contribution in [0.15, 0.2) is 47.6 Å². The Bertz CT molecular complexity index is 736. The average molecular weight is 342 g/mol. The predicted octanol–water partition coefficient (Wildman–Crippen LogP) is 1.60. The van der Waals surface area contributed by atoms with Crippen molar-refractivity contribution in [2.75, 3.05) is 27.3 Å². The van der Waals surface area contributed by atoms with Crippen molar-refractivity contribution in [1.29, 1.82) is 0 Å². The molecule has 25 heavy (non-hydrogen) atoms. The monoisotopic (exact) mass is 342 g/mol. The Morgan fingerprint density at radius 2 is 2.08 bits per heavy atom. The third-order valence-electron chi connectivity index (χ3n) is 3.78. The van der Waals surface area contributed by atoms with Gasteiger partial charge in [0.15, 0.2) is 17.5 Å². The first kappa shape index (κ1) is 16.9. The second-order valence-corrected chi connectivity index (χ2v) is 5.48. The summed E-state index contributed by atoms with van der Waals surface area (Å²) in [7, 11) is 3.33. The van der Waals surface area contributed by atoms with Crippen molar-refractivity contribution in [2.24, 2.45) is 4.99 Å². The van der Waals surface area contributed by atoms with E-state index in [1.807, 2.05) is 36.4 Å². The molecule has 3 rings (SSSR count). The second-order valence-electron chi connectivity index (χ2n) is 5.48. The van der Waals surface area contributed by atoms with Crippen molar-refractivity contribution >= 4 is 5.96 Å². The molecule has 0 radical (unpaired) electrons. The number of rotatable bonds is 5. The Morgan fingerprint density at radius 1 is 1.24 bits per heavy atom. The zero-order valence-corrected chi connectivity index (χ0v) is 14.4. The molecular formula is C18H22N4O3. The molecule has 1 unspecified atom stereocenters. The highest BCUT2D eigenvalue weighted by molar-refractivity contribution is 5.79. The van der Waals surface area contributed by atoms with E-state index in [9.17, 15) is 0 Å². The zero-order chi connectivity index (χ0) is 17.5. The minimum absolute atomic E-state index is 0.0821. The number of ether oxygens (including phenoxy) is 3. The van der Waals surface area contributed by atoms with E-state index in [-0.39, 0.29) is 6.10 Å². The number of nitrogens with zero attached hydrogens (tertiary/aromatic N) is 2. The number of hydrogen-bond acceptors (Lipinski definition) is 5. The van der Waals surface area contributed by atoms with Gasteiger partial charge < -0.3 is 24.8 Å². The Labute approximate surface area is 147 Å². The van der Waals surface area contributed by atoms with Crippen molar-refractivity contribution in [3.63, 3.8) is 0 Å². The van der Waals surface area contributed by atoms with Gasteiger partial charge in [-0.1, -0.05) is 18.2 Å². The summed E-state index contributed by atoms with van der Waals surface area (Å²) in [6, 6.07) is 11.5. The Morgan fingerprint density at radius 3 is 2.88 bits per heavy atom. The Balaban J connectivity index is 1.50. The van der Waals surface area contributed by atoms with Crippen LogP contribution in [0.5, 0.6) is 17.4 Å². The fourth-order valence-electron chi connectivity index (χ4n) is 2.52. The van der Waals surface area contributed by atoms with E-state index in [1.165, 1.54) is 0 Å². The lowest BCUT2D eigenvalue weighted by Gasteiger charge is -2.27. The van der Waals surface area contributed by atoms with Crippen molar-refractivity contribution in [3.8, 4) is 17.4 Å². The molecule has 1 aromatic heterocycles. The van der Waals surface area contributed by atoms with Crippen LogP contribution in [0.4, 0.5) is 0 Å². The summed E-state index contributed by atoms with van der Waals surface area (Å²) in [5, 5.41) is 6.49. The summed E-state index contributed by atoms with van der Waals surface area (Å²) in [6.07, 6.45) is 1.62. The summed E-state index contributed by atoms with van der Waals surface area (Å²) in [5.74, 6) is 2.83. The van der Waals surface area contributed by atoms with Gasteiger partial charge in [-0.05, 0) is 18.2 Å².